The van der Waals surface area contributed by atoms with Gasteiger partial charge < -0.3 is 14.2 Å². The molecule has 0 spiro atoms. The maximum Gasteiger partial charge on any atom is 0.573 e. The summed E-state index contributed by atoms with van der Waals surface area (Å²) in [4.78, 5) is 0. The summed E-state index contributed by atoms with van der Waals surface area (Å²) in [6, 6.07) is 3.81. The molecule has 2 saturated carbocycles. The molecule has 3 nitrogen and oxygen atoms in total. The van der Waals surface area contributed by atoms with E-state index >= 15 is 0 Å². The third-order valence-electron chi connectivity index (χ3n) is 8.53. The van der Waals surface area contributed by atoms with Crippen LogP contribution in [0.15, 0.2) is 18.2 Å². The highest BCUT2D eigenvalue weighted by Crippen LogP contribution is 2.42. The number of hydrogen-bond donors (Lipinski definition) is 0. The van der Waals surface area contributed by atoms with E-state index in [1.54, 1.807) is 6.07 Å². The van der Waals surface area contributed by atoms with Crippen LogP contribution in [0.3, 0.4) is 0 Å². The molecular weight excluding hydrogens is 460 g/mol. The summed E-state index contributed by atoms with van der Waals surface area (Å²) < 4.78 is 67.4. The summed E-state index contributed by atoms with van der Waals surface area (Å²) in [5.74, 6) is 0.824. The van der Waals surface area contributed by atoms with E-state index in [9.17, 15) is 17.6 Å². The second-order valence-corrected chi connectivity index (χ2v) is 10.9. The van der Waals surface area contributed by atoms with Crippen LogP contribution in [0.5, 0.6) is 5.75 Å². The second-order valence-electron chi connectivity index (χ2n) is 10.9. The Balaban J connectivity index is 1.18. The maximum atomic E-state index is 14.1. The number of ether oxygens (including phenoxy) is 3. The van der Waals surface area contributed by atoms with Crippen LogP contribution in [-0.4, -0.2) is 25.9 Å². The van der Waals surface area contributed by atoms with E-state index in [1.165, 1.54) is 57.4 Å². The molecule has 0 bridgehead atoms. The Hall–Kier alpha value is -1.34. The van der Waals surface area contributed by atoms with E-state index in [0.29, 0.717) is 17.8 Å². The predicted molar refractivity (Wildman–Crippen MR) is 127 cm³/mol. The highest BCUT2D eigenvalue weighted by molar-refractivity contribution is 5.31. The Bertz CT molecular complexity index is 775. The van der Waals surface area contributed by atoms with Crippen molar-refractivity contribution in [2.45, 2.75) is 103 Å². The number of hydrogen-bond acceptors (Lipinski definition) is 3. The molecule has 0 N–H and O–H groups in total. The summed E-state index contributed by atoms with van der Waals surface area (Å²) in [6.07, 6.45) is 9.15. The molecule has 0 amide bonds. The minimum atomic E-state index is -4.90. The van der Waals surface area contributed by atoms with Crippen molar-refractivity contribution in [2.75, 3.05) is 13.2 Å². The molecule has 198 valence electrons. The molecule has 7 heteroatoms. The van der Waals surface area contributed by atoms with Gasteiger partial charge in [0.05, 0.1) is 13.2 Å². The van der Waals surface area contributed by atoms with Crippen molar-refractivity contribution in [3.05, 3.63) is 29.6 Å². The highest BCUT2D eigenvalue weighted by Gasteiger charge is 2.37. The first-order chi connectivity index (χ1) is 16.8. The minimum absolute atomic E-state index is 0.129. The third-order valence-corrected chi connectivity index (χ3v) is 8.53. The summed E-state index contributed by atoms with van der Waals surface area (Å²) in [5, 5.41) is 0. The van der Waals surface area contributed by atoms with Gasteiger partial charge in [0.25, 0.3) is 0 Å². The third kappa shape index (κ3) is 7.58. The van der Waals surface area contributed by atoms with Gasteiger partial charge in [-0.2, -0.15) is 0 Å². The van der Waals surface area contributed by atoms with Crippen molar-refractivity contribution in [2.24, 2.45) is 23.7 Å². The van der Waals surface area contributed by atoms with Gasteiger partial charge in [-0.05, 0) is 74.0 Å². The molecule has 1 saturated heterocycles. The smallest absolute Gasteiger partial charge is 0.403 e. The van der Waals surface area contributed by atoms with Gasteiger partial charge in [-0.1, -0.05) is 51.5 Å². The van der Waals surface area contributed by atoms with Crippen molar-refractivity contribution < 1.29 is 31.8 Å². The topological polar surface area (TPSA) is 27.7 Å². The fourth-order valence-electron chi connectivity index (χ4n) is 6.41. The number of halogens is 4. The van der Waals surface area contributed by atoms with Gasteiger partial charge in [-0.15, -0.1) is 13.2 Å². The van der Waals surface area contributed by atoms with E-state index in [2.05, 4.69) is 11.7 Å². The summed E-state index contributed by atoms with van der Waals surface area (Å²) in [6.45, 7) is 3.82. The molecule has 1 heterocycles. The average Bonchev–Trinajstić information content (AvgIpc) is 2.85. The molecule has 1 aromatic rings. The molecule has 0 radical (unpaired) electrons. The molecule has 0 atom stereocenters. The van der Waals surface area contributed by atoms with E-state index in [0.717, 1.165) is 56.4 Å². The van der Waals surface area contributed by atoms with Crippen LogP contribution >= 0.6 is 0 Å². The minimum Gasteiger partial charge on any atom is -0.403 e. The van der Waals surface area contributed by atoms with Gasteiger partial charge in [0, 0.05) is 11.8 Å². The van der Waals surface area contributed by atoms with Gasteiger partial charge in [0.1, 0.15) is 0 Å². The largest absolute Gasteiger partial charge is 0.573 e. The summed E-state index contributed by atoms with van der Waals surface area (Å²) in [5.41, 5.74) is 0.728. The first-order valence-electron chi connectivity index (χ1n) is 13.6. The molecule has 2 aliphatic carbocycles. The lowest BCUT2D eigenvalue weighted by atomic mass is 9.74. The van der Waals surface area contributed by atoms with Crippen molar-refractivity contribution in [1.82, 2.24) is 0 Å². The average molecular weight is 501 g/mol. The first kappa shape index (κ1) is 26.7. The lowest BCUT2D eigenvalue weighted by Gasteiger charge is -2.41. The predicted octanol–water partition coefficient (Wildman–Crippen LogP) is 8.37. The molecule has 1 aliphatic heterocycles. The van der Waals surface area contributed by atoms with Gasteiger partial charge in [-0.3, -0.25) is 0 Å². The monoisotopic (exact) mass is 500 g/mol. The molecule has 0 unspecified atom stereocenters. The molecule has 1 aromatic carbocycles. The normalized spacial score (nSPS) is 32.4. The number of alkyl halides is 3. The van der Waals surface area contributed by atoms with Crippen LogP contribution in [0, 0.1) is 29.5 Å². The van der Waals surface area contributed by atoms with Gasteiger partial charge in [0.15, 0.2) is 17.9 Å². The molecule has 4 rings (SSSR count). The van der Waals surface area contributed by atoms with Crippen molar-refractivity contribution in [1.29, 1.82) is 0 Å². The van der Waals surface area contributed by atoms with E-state index in [1.807, 2.05) is 0 Å². The number of unbranched alkanes of at least 4 members (excludes halogenated alkanes) is 2. The van der Waals surface area contributed by atoms with Crippen LogP contribution < -0.4 is 4.74 Å². The Morgan fingerprint density at radius 3 is 2.11 bits per heavy atom. The van der Waals surface area contributed by atoms with Crippen LogP contribution in [0.1, 0.15) is 95.5 Å². The van der Waals surface area contributed by atoms with Crippen LogP contribution in [-0.2, 0) is 9.47 Å². The summed E-state index contributed by atoms with van der Waals surface area (Å²) >= 11 is 0. The molecule has 3 aliphatic rings. The van der Waals surface area contributed by atoms with Gasteiger partial charge in [0.2, 0.25) is 0 Å². The molecular formula is C28H40F4O3. The van der Waals surface area contributed by atoms with Crippen molar-refractivity contribution in [3.8, 4) is 5.75 Å². The molecule has 35 heavy (non-hydrogen) atoms. The highest BCUT2D eigenvalue weighted by atomic mass is 19.4. The van der Waals surface area contributed by atoms with E-state index in [-0.39, 0.29) is 12.2 Å². The fourth-order valence-corrected chi connectivity index (χ4v) is 6.41. The molecule has 0 aromatic heterocycles. The fraction of sp³-hybridized carbons (Fsp3) is 0.786. The maximum absolute atomic E-state index is 14.1. The lowest BCUT2D eigenvalue weighted by Crippen LogP contribution is -2.41. The van der Waals surface area contributed by atoms with E-state index in [4.69, 9.17) is 9.47 Å². The van der Waals surface area contributed by atoms with Crippen LogP contribution in [0.4, 0.5) is 17.6 Å². The number of rotatable bonds is 8. The van der Waals surface area contributed by atoms with Crippen molar-refractivity contribution >= 4 is 0 Å². The van der Waals surface area contributed by atoms with E-state index < -0.39 is 17.9 Å². The van der Waals surface area contributed by atoms with Crippen molar-refractivity contribution in [3.63, 3.8) is 0 Å². The van der Waals surface area contributed by atoms with Gasteiger partial charge >= 0.3 is 6.36 Å². The second kappa shape index (κ2) is 12.3. The number of benzene rings is 1. The zero-order chi connectivity index (χ0) is 24.8. The van der Waals surface area contributed by atoms with Gasteiger partial charge in [-0.25, -0.2) is 4.39 Å². The Kier molecular flexibility index (Phi) is 9.36. The zero-order valence-electron chi connectivity index (χ0n) is 20.8. The lowest BCUT2D eigenvalue weighted by molar-refractivity contribution is -0.275. The summed E-state index contributed by atoms with van der Waals surface area (Å²) in [7, 11) is 0. The molecule has 3 fully saturated rings. The standard InChI is InChI=1S/C28H40F4O3/c1-2-3-4-5-19-6-8-21(9-7-19)24-17-33-27(34-18-24)22-12-10-20(11-13-22)23-14-15-26(25(29)16-23)35-28(30,31)32/h14-16,19-22,24,27H,2-13,17-18H2,1H3. The SMILES string of the molecule is CCCCCC1CCC(C2COC(C3CCC(c4ccc(OC(F)(F)F)c(F)c4)CC3)OC2)CC1. The van der Waals surface area contributed by atoms with Crippen LogP contribution in [0.25, 0.3) is 0 Å². The quantitative estimate of drug-likeness (QED) is 0.265. The zero-order valence-corrected chi connectivity index (χ0v) is 20.8. The Labute approximate surface area is 206 Å². The first-order valence-corrected chi connectivity index (χ1v) is 13.6. The Morgan fingerprint density at radius 1 is 0.857 bits per heavy atom. The van der Waals surface area contributed by atoms with Crippen LogP contribution in [0.2, 0.25) is 0 Å². The Morgan fingerprint density at radius 2 is 1.51 bits per heavy atom.